The molecule has 4 rings (SSSR count). The number of para-hydroxylation sites is 1. The number of hydrogen-bond donors (Lipinski definition) is 0. The number of halogens is 1. The molecule has 128 valence electrons. The molecule has 3 aromatic rings. The van der Waals surface area contributed by atoms with Crippen LogP contribution in [0.2, 0.25) is 5.15 Å². The number of anilines is 1. The lowest BCUT2D eigenvalue weighted by molar-refractivity contribution is -0.126. The van der Waals surface area contributed by atoms with Crippen molar-refractivity contribution in [2.75, 3.05) is 31.1 Å². The minimum absolute atomic E-state index is 0.00829. The number of rotatable bonds is 3. The SMILES string of the molecule is O=C(C=Cc1c(Cl)nc2sccn12)N1CCN(c2ccccc2)CC1. The summed E-state index contributed by atoms with van der Waals surface area (Å²) in [5.41, 5.74) is 1.95. The summed E-state index contributed by atoms with van der Waals surface area (Å²) in [5.74, 6) is 0.00829. The molecule has 0 spiro atoms. The molecule has 3 heterocycles. The molecule has 7 heteroatoms. The van der Waals surface area contributed by atoms with Gasteiger partial charge in [0.2, 0.25) is 5.91 Å². The summed E-state index contributed by atoms with van der Waals surface area (Å²) in [4.78, 5) is 21.7. The molecule has 1 aliphatic heterocycles. The Hall–Kier alpha value is -2.31. The molecule has 0 radical (unpaired) electrons. The fraction of sp³-hybridized carbons (Fsp3) is 0.222. The number of fused-ring (bicyclic) bond motifs is 1. The first kappa shape index (κ1) is 16.2. The normalized spacial score (nSPS) is 15.4. The van der Waals surface area contributed by atoms with Gasteiger partial charge in [-0.1, -0.05) is 29.8 Å². The Morgan fingerprint density at radius 3 is 2.68 bits per heavy atom. The first-order valence-electron chi connectivity index (χ1n) is 8.10. The highest BCUT2D eigenvalue weighted by atomic mass is 35.5. The van der Waals surface area contributed by atoms with Gasteiger partial charge in [-0.05, 0) is 18.2 Å². The molecule has 2 aromatic heterocycles. The fourth-order valence-electron chi connectivity index (χ4n) is 3.01. The van der Waals surface area contributed by atoms with Crippen LogP contribution in [0.5, 0.6) is 0 Å². The molecule has 5 nitrogen and oxygen atoms in total. The third kappa shape index (κ3) is 3.27. The quantitative estimate of drug-likeness (QED) is 0.661. The van der Waals surface area contributed by atoms with E-state index in [9.17, 15) is 4.79 Å². The van der Waals surface area contributed by atoms with Crippen molar-refractivity contribution in [3.05, 3.63) is 58.8 Å². The molecule has 0 unspecified atom stereocenters. The van der Waals surface area contributed by atoms with Crippen LogP contribution in [0.3, 0.4) is 0 Å². The zero-order valence-corrected chi connectivity index (χ0v) is 15.1. The first-order chi connectivity index (χ1) is 12.2. The van der Waals surface area contributed by atoms with E-state index in [-0.39, 0.29) is 5.91 Å². The van der Waals surface area contributed by atoms with Gasteiger partial charge >= 0.3 is 0 Å². The number of imidazole rings is 1. The van der Waals surface area contributed by atoms with Gasteiger partial charge in [-0.2, -0.15) is 0 Å². The average Bonchev–Trinajstić information content (AvgIpc) is 3.21. The largest absolute Gasteiger partial charge is 0.368 e. The summed E-state index contributed by atoms with van der Waals surface area (Å²) in [7, 11) is 0. The van der Waals surface area contributed by atoms with Crippen molar-refractivity contribution in [2.45, 2.75) is 0 Å². The van der Waals surface area contributed by atoms with Crippen LogP contribution in [-0.4, -0.2) is 46.4 Å². The molecule has 1 saturated heterocycles. The Bertz CT molecular complexity index is 910. The zero-order valence-electron chi connectivity index (χ0n) is 13.5. The van der Waals surface area contributed by atoms with Gasteiger partial charge in [0.05, 0.1) is 5.69 Å². The Labute approximate surface area is 154 Å². The smallest absolute Gasteiger partial charge is 0.246 e. The van der Waals surface area contributed by atoms with Gasteiger partial charge in [0.15, 0.2) is 10.1 Å². The molecule has 0 atom stereocenters. The van der Waals surface area contributed by atoms with Crippen LogP contribution in [0.15, 0.2) is 48.0 Å². The fourth-order valence-corrected chi connectivity index (χ4v) is 4.01. The second kappa shape index (κ2) is 6.90. The standard InChI is InChI=1S/C18H17ClN4OS/c19-17-15(23-12-13-25-18(23)20-17)6-7-16(24)22-10-8-21(9-11-22)14-4-2-1-3-5-14/h1-7,12-13H,8-11H2. The molecule has 0 N–H and O–H groups in total. The molecule has 0 aliphatic carbocycles. The number of carbonyl (C=O) groups is 1. The predicted molar refractivity (Wildman–Crippen MR) is 102 cm³/mol. The van der Waals surface area contributed by atoms with Crippen molar-refractivity contribution in [3.63, 3.8) is 0 Å². The summed E-state index contributed by atoms with van der Waals surface area (Å²) in [6.45, 7) is 3.11. The highest BCUT2D eigenvalue weighted by Gasteiger charge is 2.20. The van der Waals surface area contributed by atoms with Crippen molar-refractivity contribution in [1.82, 2.24) is 14.3 Å². The number of carbonyl (C=O) groups excluding carboxylic acids is 1. The lowest BCUT2D eigenvalue weighted by Gasteiger charge is -2.35. The van der Waals surface area contributed by atoms with E-state index >= 15 is 0 Å². The Morgan fingerprint density at radius 2 is 1.92 bits per heavy atom. The summed E-state index contributed by atoms with van der Waals surface area (Å²) >= 11 is 7.67. The van der Waals surface area contributed by atoms with Crippen LogP contribution in [0.1, 0.15) is 5.69 Å². The average molecular weight is 373 g/mol. The van der Waals surface area contributed by atoms with Gasteiger partial charge in [-0.3, -0.25) is 9.20 Å². The van der Waals surface area contributed by atoms with Gasteiger partial charge in [0, 0.05) is 49.5 Å². The van der Waals surface area contributed by atoms with Gasteiger partial charge in [-0.25, -0.2) is 4.98 Å². The minimum Gasteiger partial charge on any atom is -0.368 e. The third-order valence-corrected chi connectivity index (χ3v) is 5.39. The molecule has 0 bridgehead atoms. The Morgan fingerprint density at radius 1 is 1.16 bits per heavy atom. The van der Waals surface area contributed by atoms with Crippen molar-refractivity contribution in [3.8, 4) is 0 Å². The van der Waals surface area contributed by atoms with Gasteiger partial charge in [0.1, 0.15) is 0 Å². The van der Waals surface area contributed by atoms with E-state index < -0.39 is 0 Å². The van der Waals surface area contributed by atoms with Crippen LogP contribution >= 0.6 is 22.9 Å². The lowest BCUT2D eigenvalue weighted by atomic mass is 10.2. The summed E-state index contributed by atoms with van der Waals surface area (Å²) in [5, 5.41) is 2.37. The second-order valence-corrected chi connectivity index (χ2v) is 7.06. The number of aromatic nitrogens is 2. The van der Waals surface area contributed by atoms with Gasteiger partial charge in [0.25, 0.3) is 0 Å². The monoisotopic (exact) mass is 372 g/mol. The number of amides is 1. The number of hydrogen-bond acceptors (Lipinski definition) is 4. The summed E-state index contributed by atoms with van der Waals surface area (Å²) in [6.07, 6.45) is 5.24. The number of piperazine rings is 1. The minimum atomic E-state index is 0.00829. The predicted octanol–water partition coefficient (Wildman–Crippen LogP) is 3.41. The van der Waals surface area contributed by atoms with Crippen molar-refractivity contribution in [1.29, 1.82) is 0 Å². The maximum absolute atomic E-state index is 12.5. The lowest BCUT2D eigenvalue weighted by Crippen LogP contribution is -2.48. The van der Waals surface area contributed by atoms with Crippen LogP contribution in [0.4, 0.5) is 5.69 Å². The highest BCUT2D eigenvalue weighted by Crippen LogP contribution is 2.22. The molecule has 25 heavy (non-hydrogen) atoms. The third-order valence-electron chi connectivity index (χ3n) is 4.35. The van der Waals surface area contributed by atoms with E-state index in [2.05, 4.69) is 22.0 Å². The summed E-state index contributed by atoms with van der Waals surface area (Å²) in [6, 6.07) is 10.3. The van der Waals surface area contributed by atoms with Gasteiger partial charge in [-0.15, -0.1) is 11.3 Å². The summed E-state index contributed by atoms with van der Waals surface area (Å²) < 4.78 is 1.89. The molecule has 1 fully saturated rings. The van der Waals surface area contributed by atoms with E-state index in [1.807, 2.05) is 39.1 Å². The van der Waals surface area contributed by atoms with Crippen LogP contribution in [0.25, 0.3) is 11.0 Å². The molecule has 1 aliphatic rings. The van der Waals surface area contributed by atoms with Crippen molar-refractivity contribution in [2.24, 2.45) is 0 Å². The number of benzene rings is 1. The van der Waals surface area contributed by atoms with E-state index in [1.54, 1.807) is 12.2 Å². The highest BCUT2D eigenvalue weighted by molar-refractivity contribution is 7.15. The van der Waals surface area contributed by atoms with Crippen LogP contribution < -0.4 is 4.90 Å². The Balaban J connectivity index is 1.41. The van der Waals surface area contributed by atoms with E-state index in [0.717, 1.165) is 23.7 Å². The maximum atomic E-state index is 12.5. The van der Waals surface area contributed by atoms with Crippen molar-refractivity contribution >= 4 is 45.6 Å². The van der Waals surface area contributed by atoms with Crippen LogP contribution in [-0.2, 0) is 4.79 Å². The van der Waals surface area contributed by atoms with Gasteiger partial charge < -0.3 is 9.80 Å². The molecular formula is C18H17ClN4OS. The van der Waals surface area contributed by atoms with E-state index in [0.29, 0.717) is 18.2 Å². The molecular weight excluding hydrogens is 356 g/mol. The molecule has 1 amide bonds. The van der Waals surface area contributed by atoms with E-state index in [1.165, 1.54) is 17.0 Å². The maximum Gasteiger partial charge on any atom is 0.246 e. The topological polar surface area (TPSA) is 40.9 Å². The molecule has 0 saturated carbocycles. The first-order valence-corrected chi connectivity index (χ1v) is 9.36. The zero-order chi connectivity index (χ0) is 17.2. The van der Waals surface area contributed by atoms with Crippen LogP contribution in [0, 0.1) is 0 Å². The number of thiazole rings is 1. The second-order valence-electron chi connectivity index (χ2n) is 5.82. The van der Waals surface area contributed by atoms with E-state index in [4.69, 9.17) is 11.6 Å². The number of nitrogens with zero attached hydrogens (tertiary/aromatic N) is 4. The molecule has 1 aromatic carbocycles. The van der Waals surface area contributed by atoms with Crippen molar-refractivity contribution < 1.29 is 4.79 Å². The Kier molecular flexibility index (Phi) is 4.46.